The maximum Gasteiger partial charge on any atom is 0.268 e. The first-order chi connectivity index (χ1) is 26.0. The first-order valence-electron chi connectivity index (χ1n) is 19.9. The predicted octanol–water partition coefficient (Wildman–Crippen LogP) is 10.1. The smallest absolute Gasteiger partial charge is 0.268 e. The highest BCUT2D eigenvalue weighted by Gasteiger charge is 2.23. The van der Waals surface area contributed by atoms with Crippen molar-refractivity contribution in [3.8, 4) is 0 Å². The molecular formula is C45H73N2O6P. The Morgan fingerprint density at radius 3 is 1.50 bits per heavy atom. The van der Waals surface area contributed by atoms with Crippen LogP contribution in [0.1, 0.15) is 104 Å². The van der Waals surface area contributed by atoms with Crippen molar-refractivity contribution in [3.05, 3.63) is 122 Å². The summed E-state index contributed by atoms with van der Waals surface area (Å²) in [6.45, 7) is 4.21. The van der Waals surface area contributed by atoms with Crippen molar-refractivity contribution in [2.75, 3.05) is 40.9 Å². The van der Waals surface area contributed by atoms with Crippen LogP contribution in [0.3, 0.4) is 0 Å². The fourth-order valence-corrected chi connectivity index (χ4v) is 5.23. The number of aliphatic hydroxyl groups is 1. The molecule has 304 valence electrons. The van der Waals surface area contributed by atoms with E-state index in [2.05, 4.69) is 122 Å². The Morgan fingerprint density at radius 2 is 1.09 bits per heavy atom. The molecular weight excluding hydrogens is 695 g/mol. The van der Waals surface area contributed by atoms with Gasteiger partial charge in [0.05, 0.1) is 39.9 Å². The van der Waals surface area contributed by atoms with Gasteiger partial charge in [-0.3, -0.25) is 9.36 Å². The number of phosphoric ester groups is 1. The Morgan fingerprint density at radius 1 is 0.667 bits per heavy atom. The Hall–Kier alpha value is -3.10. The zero-order chi connectivity index (χ0) is 40.0. The number of carbonyl (C=O) groups is 1. The summed E-state index contributed by atoms with van der Waals surface area (Å²) in [4.78, 5) is 24.9. The van der Waals surface area contributed by atoms with Crippen molar-refractivity contribution in [1.82, 2.24) is 5.32 Å². The summed E-state index contributed by atoms with van der Waals surface area (Å²) in [5.41, 5.74) is 0. The van der Waals surface area contributed by atoms with Crippen LogP contribution in [0.2, 0.25) is 0 Å². The number of hydrogen-bond acceptors (Lipinski definition) is 6. The molecule has 0 aromatic rings. The van der Waals surface area contributed by atoms with Crippen molar-refractivity contribution in [2.24, 2.45) is 0 Å². The fourth-order valence-electron chi connectivity index (χ4n) is 4.51. The number of amides is 1. The van der Waals surface area contributed by atoms with E-state index in [9.17, 15) is 19.4 Å². The molecule has 3 unspecified atom stereocenters. The van der Waals surface area contributed by atoms with Crippen LogP contribution in [0.5, 0.6) is 0 Å². The molecule has 0 aliphatic heterocycles. The SMILES string of the molecule is CC/C=C\C/C=C\C/C=C\C/C=C\C/C=C\C/C=C\C/C=C\C/C=C\C/C=C\CCCC(=O)NC(COP(=O)([O-])OCC[N+](C)(C)C)C(O)/C=C/CCC. The summed E-state index contributed by atoms with van der Waals surface area (Å²) in [5.74, 6) is -0.276. The number of carbonyl (C=O) groups excluding carboxylic acids is 1. The van der Waals surface area contributed by atoms with Crippen molar-refractivity contribution < 1.29 is 32.9 Å². The van der Waals surface area contributed by atoms with E-state index in [-0.39, 0.29) is 18.9 Å². The number of nitrogens with one attached hydrogen (secondary N) is 1. The molecule has 0 bridgehead atoms. The van der Waals surface area contributed by atoms with Gasteiger partial charge in [0.15, 0.2) is 0 Å². The van der Waals surface area contributed by atoms with Gasteiger partial charge in [-0.2, -0.15) is 0 Å². The monoisotopic (exact) mass is 769 g/mol. The van der Waals surface area contributed by atoms with E-state index in [0.29, 0.717) is 17.4 Å². The van der Waals surface area contributed by atoms with Gasteiger partial charge in [0.1, 0.15) is 13.2 Å². The lowest BCUT2D eigenvalue weighted by molar-refractivity contribution is -0.870. The van der Waals surface area contributed by atoms with E-state index in [1.165, 1.54) is 0 Å². The molecule has 0 spiro atoms. The topological polar surface area (TPSA) is 108 Å². The first kappa shape index (κ1) is 50.9. The second kappa shape index (κ2) is 35.6. The van der Waals surface area contributed by atoms with Gasteiger partial charge in [-0.25, -0.2) is 0 Å². The molecule has 0 aliphatic carbocycles. The third-order valence-electron chi connectivity index (χ3n) is 7.66. The zero-order valence-corrected chi connectivity index (χ0v) is 35.0. The summed E-state index contributed by atoms with van der Waals surface area (Å²) < 4.78 is 22.8. The van der Waals surface area contributed by atoms with Gasteiger partial charge in [-0.1, -0.05) is 142 Å². The van der Waals surface area contributed by atoms with Crippen LogP contribution in [0.25, 0.3) is 0 Å². The lowest BCUT2D eigenvalue weighted by atomic mass is 10.1. The van der Waals surface area contributed by atoms with E-state index < -0.39 is 26.6 Å². The number of unbranched alkanes of at least 4 members (excludes halogenated alkanes) is 2. The molecule has 3 atom stereocenters. The van der Waals surface area contributed by atoms with E-state index in [1.54, 1.807) is 6.08 Å². The van der Waals surface area contributed by atoms with Crippen LogP contribution in [0.4, 0.5) is 0 Å². The Bertz CT molecular complexity index is 1280. The summed E-state index contributed by atoms with van der Waals surface area (Å²) >= 11 is 0. The number of nitrogens with zero attached hydrogens (tertiary/aromatic N) is 1. The van der Waals surface area contributed by atoms with E-state index in [1.807, 2.05) is 34.1 Å². The molecule has 0 aromatic heterocycles. The fraction of sp³-hybridized carbons (Fsp3) is 0.533. The van der Waals surface area contributed by atoms with Gasteiger partial charge in [0.2, 0.25) is 5.91 Å². The van der Waals surface area contributed by atoms with Crippen LogP contribution in [0, 0.1) is 0 Å². The highest BCUT2D eigenvalue weighted by atomic mass is 31.2. The van der Waals surface area contributed by atoms with Crippen LogP contribution in [-0.2, 0) is 18.4 Å². The lowest BCUT2D eigenvalue weighted by Crippen LogP contribution is -2.45. The third-order valence-corrected chi connectivity index (χ3v) is 8.62. The summed E-state index contributed by atoms with van der Waals surface area (Å²) in [5, 5.41) is 13.3. The maximum atomic E-state index is 12.6. The molecule has 0 rings (SSSR count). The zero-order valence-electron chi connectivity index (χ0n) is 34.1. The van der Waals surface area contributed by atoms with Gasteiger partial charge in [-0.15, -0.1) is 0 Å². The van der Waals surface area contributed by atoms with Gasteiger partial charge < -0.3 is 28.8 Å². The van der Waals surface area contributed by atoms with Crippen LogP contribution in [-0.4, -0.2) is 68.5 Å². The van der Waals surface area contributed by atoms with Crippen LogP contribution < -0.4 is 10.2 Å². The minimum atomic E-state index is -4.59. The molecule has 0 aromatic carbocycles. The number of allylic oxidation sites excluding steroid dienone is 19. The predicted molar refractivity (Wildman–Crippen MR) is 228 cm³/mol. The molecule has 0 aliphatic rings. The molecule has 2 N–H and O–H groups in total. The molecule has 0 heterocycles. The summed E-state index contributed by atoms with van der Waals surface area (Å²) in [6, 6.07) is -0.921. The minimum Gasteiger partial charge on any atom is -0.756 e. The van der Waals surface area contributed by atoms with Crippen molar-refractivity contribution >= 4 is 13.7 Å². The Labute approximate surface area is 329 Å². The van der Waals surface area contributed by atoms with E-state index >= 15 is 0 Å². The Balaban J connectivity index is 4.19. The molecule has 9 heteroatoms. The average Bonchev–Trinajstić information content (AvgIpc) is 3.12. The van der Waals surface area contributed by atoms with Crippen molar-refractivity contribution in [3.63, 3.8) is 0 Å². The van der Waals surface area contributed by atoms with Crippen molar-refractivity contribution in [2.45, 2.75) is 116 Å². The molecule has 0 radical (unpaired) electrons. The number of aliphatic hydroxyl groups excluding tert-OH is 1. The average molecular weight is 769 g/mol. The molecule has 0 saturated heterocycles. The molecule has 0 saturated carbocycles. The number of rotatable bonds is 33. The van der Waals surface area contributed by atoms with Gasteiger partial charge >= 0.3 is 0 Å². The number of likely N-dealkylation sites (N-methyl/N-ethyl adjacent to an activating group) is 1. The van der Waals surface area contributed by atoms with Gasteiger partial charge in [-0.05, 0) is 77.0 Å². The van der Waals surface area contributed by atoms with E-state index in [4.69, 9.17) is 9.05 Å². The number of hydrogen-bond donors (Lipinski definition) is 2. The third kappa shape index (κ3) is 37.2. The maximum absolute atomic E-state index is 12.6. The Kier molecular flexibility index (Phi) is 33.5. The highest BCUT2D eigenvalue weighted by molar-refractivity contribution is 7.45. The normalized spacial score (nSPS) is 15.8. The van der Waals surface area contributed by atoms with Crippen LogP contribution in [0.15, 0.2) is 122 Å². The van der Waals surface area contributed by atoms with Crippen molar-refractivity contribution in [1.29, 1.82) is 0 Å². The summed E-state index contributed by atoms with van der Waals surface area (Å²) in [6.07, 6.45) is 53.5. The second-order valence-corrected chi connectivity index (χ2v) is 15.3. The standard InChI is InChI=1S/C45H73N2O6P/c1-6-8-10-11-12-13-14-15-16-17-18-19-20-21-22-23-24-25-26-27-28-29-30-31-32-33-34-35-37-39-45(49)46-43(44(48)38-36-9-7-2)42-53-54(50,51)52-41-40-47(3,4)5/h8,10,12-13,15-16,18-19,21-22,24-25,27-28,30-31,33-34,36,38,43-44,48H,6-7,9,11,14,17,20,23,26,29,32,35,37,39-42H2,1-5H3,(H-,46,49,50,51)/b10-8-,13-12-,16-15-,19-18-,22-21-,25-24-,28-27-,31-30-,34-33-,38-36+. The number of quaternary nitrogens is 1. The molecule has 0 fully saturated rings. The van der Waals surface area contributed by atoms with E-state index in [0.717, 1.165) is 77.0 Å². The molecule has 54 heavy (non-hydrogen) atoms. The summed E-state index contributed by atoms with van der Waals surface area (Å²) in [7, 11) is 1.19. The number of phosphoric acid groups is 1. The molecule has 1 amide bonds. The van der Waals surface area contributed by atoms with Gasteiger partial charge in [0, 0.05) is 6.42 Å². The lowest BCUT2D eigenvalue weighted by Gasteiger charge is -2.29. The second-order valence-electron chi connectivity index (χ2n) is 13.9. The first-order valence-corrected chi connectivity index (χ1v) is 21.4. The largest absolute Gasteiger partial charge is 0.756 e. The molecule has 8 nitrogen and oxygen atoms in total. The van der Waals surface area contributed by atoms with Gasteiger partial charge in [0.25, 0.3) is 7.82 Å². The van der Waals surface area contributed by atoms with Crippen LogP contribution >= 0.6 is 7.82 Å². The highest BCUT2D eigenvalue weighted by Crippen LogP contribution is 2.38. The quantitative estimate of drug-likeness (QED) is 0.0298. The minimum absolute atomic E-state index is 0.0215.